The van der Waals surface area contributed by atoms with Crippen LogP contribution in [0.25, 0.3) is 0 Å². The zero-order valence-corrected chi connectivity index (χ0v) is 13.8. The number of aromatic nitrogens is 2. The van der Waals surface area contributed by atoms with Crippen LogP contribution >= 0.6 is 23.2 Å². The molecule has 114 valence electrons. The number of alkyl halides is 1. The lowest BCUT2D eigenvalue weighted by Gasteiger charge is -2.28. The molecule has 0 bridgehead atoms. The van der Waals surface area contributed by atoms with Crippen LogP contribution in [0.5, 0.6) is 0 Å². The van der Waals surface area contributed by atoms with E-state index in [9.17, 15) is 5.11 Å². The number of hydrogen-bond acceptors (Lipinski definition) is 2. The smallest absolute Gasteiger partial charge is 0.0963 e. The van der Waals surface area contributed by atoms with Gasteiger partial charge in [0.2, 0.25) is 0 Å². The van der Waals surface area contributed by atoms with Crippen molar-refractivity contribution in [1.82, 2.24) is 9.78 Å². The molecule has 1 atom stereocenters. The lowest BCUT2D eigenvalue weighted by molar-refractivity contribution is 0.0318. The lowest BCUT2D eigenvalue weighted by Crippen LogP contribution is -2.30. The third kappa shape index (κ3) is 3.42. The van der Waals surface area contributed by atoms with Crippen LogP contribution in [0.2, 0.25) is 5.02 Å². The SMILES string of the molecule is CCc1nn(C)c(CC(O)(CCCl)c2ccccc2)c1Cl. The number of rotatable bonds is 6. The molecule has 1 unspecified atom stereocenters. The summed E-state index contributed by atoms with van der Waals surface area (Å²) >= 11 is 12.3. The van der Waals surface area contributed by atoms with Crippen LogP contribution < -0.4 is 0 Å². The van der Waals surface area contributed by atoms with Crippen LogP contribution in [0, 0.1) is 0 Å². The third-order valence-electron chi connectivity index (χ3n) is 3.78. The normalized spacial score (nSPS) is 14.1. The first-order chi connectivity index (χ1) is 10.0. The molecule has 21 heavy (non-hydrogen) atoms. The molecule has 0 amide bonds. The molecule has 1 heterocycles. The molecule has 0 fully saturated rings. The van der Waals surface area contributed by atoms with Gasteiger partial charge in [-0.2, -0.15) is 5.10 Å². The highest BCUT2D eigenvalue weighted by Gasteiger charge is 2.31. The van der Waals surface area contributed by atoms with Gasteiger partial charge in [-0.1, -0.05) is 48.9 Å². The number of aryl methyl sites for hydroxylation is 2. The first-order valence-electron chi connectivity index (χ1n) is 7.06. The molecular formula is C16H20Cl2N2O. The van der Waals surface area contributed by atoms with E-state index >= 15 is 0 Å². The molecule has 0 saturated heterocycles. The Morgan fingerprint density at radius 3 is 2.48 bits per heavy atom. The lowest BCUT2D eigenvalue weighted by atomic mass is 9.86. The van der Waals surface area contributed by atoms with Crippen molar-refractivity contribution in [3.63, 3.8) is 0 Å². The Morgan fingerprint density at radius 1 is 1.29 bits per heavy atom. The summed E-state index contributed by atoms with van der Waals surface area (Å²) in [6.45, 7) is 2.01. The van der Waals surface area contributed by atoms with E-state index in [-0.39, 0.29) is 0 Å². The standard InChI is InChI=1S/C16H20Cl2N2O/c1-3-13-15(18)14(20(2)19-13)11-16(21,9-10-17)12-7-5-4-6-8-12/h4-8,21H,3,9-11H2,1-2H3. The van der Waals surface area contributed by atoms with Crippen LogP contribution in [-0.2, 0) is 25.5 Å². The summed E-state index contributed by atoms with van der Waals surface area (Å²) in [5, 5.41) is 16.1. The minimum absolute atomic E-state index is 0.376. The summed E-state index contributed by atoms with van der Waals surface area (Å²) in [7, 11) is 1.85. The topological polar surface area (TPSA) is 38.0 Å². The Hall–Kier alpha value is -1.03. The summed E-state index contributed by atoms with van der Waals surface area (Å²) in [5.41, 5.74) is 1.51. The van der Waals surface area contributed by atoms with Crippen LogP contribution in [-0.4, -0.2) is 20.8 Å². The molecule has 0 aliphatic heterocycles. The maximum Gasteiger partial charge on any atom is 0.0963 e. The molecule has 1 aromatic carbocycles. The Kier molecular flexibility index (Phi) is 5.31. The second kappa shape index (κ2) is 6.82. The highest BCUT2D eigenvalue weighted by molar-refractivity contribution is 6.31. The van der Waals surface area contributed by atoms with Crippen molar-refractivity contribution < 1.29 is 5.11 Å². The summed E-state index contributed by atoms with van der Waals surface area (Å²) < 4.78 is 1.75. The number of hydrogen-bond donors (Lipinski definition) is 1. The van der Waals surface area contributed by atoms with Crippen molar-refractivity contribution in [1.29, 1.82) is 0 Å². The minimum atomic E-state index is -1.04. The fraction of sp³-hybridized carbons (Fsp3) is 0.438. The van der Waals surface area contributed by atoms with E-state index in [2.05, 4.69) is 5.10 Å². The maximum absolute atomic E-state index is 11.1. The molecule has 1 N–H and O–H groups in total. The second-order valence-electron chi connectivity index (χ2n) is 5.20. The molecule has 0 aliphatic carbocycles. The fourth-order valence-electron chi connectivity index (χ4n) is 2.53. The summed E-state index contributed by atoms with van der Waals surface area (Å²) in [5.74, 6) is 0.376. The van der Waals surface area contributed by atoms with Crippen molar-refractivity contribution in [2.24, 2.45) is 7.05 Å². The van der Waals surface area contributed by atoms with Gasteiger partial charge < -0.3 is 5.11 Å². The molecule has 1 aromatic heterocycles. The monoisotopic (exact) mass is 326 g/mol. The number of aliphatic hydroxyl groups is 1. The fourth-order valence-corrected chi connectivity index (χ4v) is 3.20. The minimum Gasteiger partial charge on any atom is -0.385 e. The van der Waals surface area contributed by atoms with E-state index in [0.29, 0.717) is 23.7 Å². The van der Waals surface area contributed by atoms with Crippen molar-refractivity contribution in [3.8, 4) is 0 Å². The van der Waals surface area contributed by atoms with Gasteiger partial charge in [0, 0.05) is 19.3 Å². The maximum atomic E-state index is 11.1. The predicted molar refractivity (Wildman–Crippen MR) is 87.0 cm³/mol. The van der Waals surface area contributed by atoms with Gasteiger partial charge in [-0.3, -0.25) is 4.68 Å². The molecular weight excluding hydrogens is 307 g/mol. The third-order valence-corrected chi connectivity index (χ3v) is 4.41. The van der Waals surface area contributed by atoms with Gasteiger partial charge in [0.05, 0.1) is 22.0 Å². The first-order valence-corrected chi connectivity index (χ1v) is 7.97. The molecule has 0 aliphatic rings. The van der Waals surface area contributed by atoms with E-state index in [4.69, 9.17) is 23.2 Å². The van der Waals surface area contributed by atoms with Crippen LogP contribution in [0.15, 0.2) is 30.3 Å². The molecule has 0 spiro atoms. The number of halogens is 2. The second-order valence-corrected chi connectivity index (χ2v) is 5.95. The average Bonchev–Trinajstić information content (AvgIpc) is 2.76. The van der Waals surface area contributed by atoms with Crippen LogP contribution in [0.1, 0.15) is 30.3 Å². The number of benzene rings is 1. The Morgan fingerprint density at radius 2 is 1.95 bits per heavy atom. The van der Waals surface area contributed by atoms with E-state index in [1.807, 2.05) is 44.3 Å². The Bertz CT molecular complexity index is 598. The van der Waals surface area contributed by atoms with Crippen molar-refractivity contribution in [3.05, 3.63) is 52.3 Å². The van der Waals surface area contributed by atoms with Crippen LogP contribution in [0.3, 0.4) is 0 Å². The average molecular weight is 327 g/mol. The highest BCUT2D eigenvalue weighted by Crippen LogP contribution is 2.33. The summed E-state index contributed by atoms with van der Waals surface area (Å²) in [6.07, 6.45) is 1.62. The molecule has 3 nitrogen and oxygen atoms in total. The largest absolute Gasteiger partial charge is 0.385 e. The van der Waals surface area contributed by atoms with E-state index in [0.717, 1.165) is 23.4 Å². The van der Waals surface area contributed by atoms with Gasteiger partial charge in [-0.15, -0.1) is 11.6 Å². The summed E-state index contributed by atoms with van der Waals surface area (Å²) in [6, 6.07) is 9.58. The van der Waals surface area contributed by atoms with Gasteiger partial charge in [0.25, 0.3) is 0 Å². The highest BCUT2D eigenvalue weighted by atomic mass is 35.5. The van der Waals surface area contributed by atoms with Gasteiger partial charge in [-0.25, -0.2) is 0 Å². The van der Waals surface area contributed by atoms with E-state index < -0.39 is 5.60 Å². The predicted octanol–water partition coefficient (Wildman–Crippen LogP) is 3.70. The quantitative estimate of drug-likeness (QED) is 0.822. The van der Waals surface area contributed by atoms with Gasteiger partial charge in [0.15, 0.2) is 0 Å². The van der Waals surface area contributed by atoms with E-state index in [1.165, 1.54) is 0 Å². The Balaban J connectivity index is 2.39. The zero-order valence-electron chi connectivity index (χ0n) is 12.3. The summed E-state index contributed by atoms with van der Waals surface area (Å²) in [4.78, 5) is 0. The van der Waals surface area contributed by atoms with Crippen molar-refractivity contribution in [2.45, 2.75) is 31.8 Å². The van der Waals surface area contributed by atoms with E-state index in [1.54, 1.807) is 4.68 Å². The van der Waals surface area contributed by atoms with Gasteiger partial charge in [-0.05, 0) is 18.4 Å². The number of nitrogens with zero attached hydrogens (tertiary/aromatic N) is 2. The van der Waals surface area contributed by atoms with Gasteiger partial charge >= 0.3 is 0 Å². The van der Waals surface area contributed by atoms with Crippen molar-refractivity contribution in [2.75, 3.05) is 5.88 Å². The molecule has 2 rings (SSSR count). The molecule has 0 radical (unpaired) electrons. The molecule has 0 saturated carbocycles. The zero-order chi connectivity index (χ0) is 15.5. The molecule has 5 heteroatoms. The van der Waals surface area contributed by atoms with Gasteiger partial charge in [0.1, 0.15) is 0 Å². The van der Waals surface area contributed by atoms with Crippen LogP contribution in [0.4, 0.5) is 0 Å². The first kappa shape index (κ1) is 16.3. The Labute approximate surface area is 135 Å². The molecule has 2 aromatic rings. The van der Waals surface area contributed by atoms with Crippen molar-refractivity contribution >= 4 is 23.2 Å².